The normalized spacial score (nSPS) is 25.1. The third-order valence-electron chi connectivity index (χ3n) is 7.07. The van der Waals surface area contributed by atoms with Crippen molar-refractivity contribution < 1.29 is 37.0 Å². The molecule has 4 N–H and O–H groups in total. The van der Waals surface area contributed by atoms with Gasteiger partial charge in [0, 0.05) is 23.9 Å². The molecule has 0 saturated heterocycles. The molecule has 0 aliphatic heterocycles. The highest BCUT2D eigenvalue weighted by Crippen LogP contribution is 2.57. The van der Waals surface area contributed by atoms with Crippen LogP contribution in [0.25, 0.3) is 0 Å². The standard InChI is InChI=1S/C24H25ClF2N2O6S/c25-18-3-1-13(23(32)29-16-2-4-19(26)20(27)11-16)7-21(18)36(34,35)17-9-14-8-15(10-17)24(14,33)12-22(31)28-5-6-30/h1-4,7,11,14-15,17,30,33H,5-6,8-10,12H2,(H,28,31)(H,29,32). The molecule has 3 aliphatic carbocycles. The highest BCUT2D eigenvalue weighted by atomic mass is 35.5. The number of carbonyl (C=O) groups excluding carboxylic acids is 2. The zero-order valence-corrected chi connectivity index (χ0v) is 20.6. The monoisotopic (exact) mass is 542 g/mol. The van der Waals surface area contributed by atoms with Crippen molar-refractivity contribution in [2.24, 2.45) is 11.8 Å². The van der Waals surface area contributed by atoms with E-state index in [2.05, 4.69) is 10.6 Å². The molecule has 2 amide bonds. The van der Waals surface area contributed by atoms with Gasteiger partial charge in [-0.1, -0.05) is 11.6 Å². The number of aliphatic hydroxyl groups is 2. The van der Waals surface area contributed by atoms with E-state index in [4.69, 9.17) is 16.7 Å². The molecule has 3 aliphatic rings. The summed E-state index contributed by atoms with van der Waals surface area (Å²) < 4.78 is 53.5. The van der Waals surface area contributed by atoms with Gasteiger partial charge in [-0.05, 0) is 61.4 Å². The number of aliphatic hydroxyl groups excluding tert-OH is 1. The Kier molecular flexibility index (Phi) is 7.38. The minimum atomic E-state index is -4.00. The average molecular weight is 543 g/mol. The van der Waals surface area contributed by atoms with E-state index in [1.807, 2.05) is 0 Å². The summed E-state index contributed by atoms with van der Waals surface area (Å²) in [4.78, 5) is 24.5. The molecule has 12 heteroatoms. The molecule has 2 aromatic carbocycles. The molecule has 36 heavy (non-hydrogen) atoms. The lowest BCUT2D eigenvalue weighted by Gasteiger charge is -2.58. The SMILES string of the molecule is O=C(CC1(O)C2CC1CC(S(=O)(=O)c1cc(C(=O)Nc3ccc(F)c(F)c3)ccc1Cl)C2)NCCO. The summed E-state index contributed by atoms with van der Waals surface area (Å²) in [6, 6.07) is 6.57. The van der Waals surface area contributed by atoms with Crippen LogP contribution in [0.3, 0.4) is 0 Å². The molecular formula is C24H25ClF2N2O6S. The summed E-state index contributed by atoms with van der Waals surface area (Å²) in [6.45, 7) is -0.157. The zero-order valence-electron chi connectivity index (χ0n) is 19.0. The molecule has 2 unspecified atom stereocenters. The quantitative estimate of drug-likeness (QED) is 0.405. The van der Waals surface area contributed by atoms with Crippen LogP contribution in [0, 0.1) is 23.5 Å². The first-order chi connectivity index (χ1) is 17.0. The molecule has 2 aromatic rings. The molecule has 0 heterocycles. The summed E-state index contributed by atoms with van der Waals surface area (Å²) in [5, 5.41) is 23.8. The number of fused-ring (bicyclic) bond motifs is 2. The Morgan fingerprint density at radius 1 is 1.06 bits per heavy atom. The van der Waals surface area contributed by atoms with Crippen LogP contribution in [-0.2, 0) is 14.6 Å². The first kappa shape index (κ1) is 26.5. The minimum Gasteiger partial charge on any atom is -0.395 e. The number of nitrogens with one attached hydrogen (secondary N) is 2. The van der Waals surface area contributed by atoms with E-state index in [-0.39, 0.29) is 53.6 Å². The predicted octanol–water partition coefficient (Wildman–Crippen LogP) is 2.67. The number of rotatable bonds is 8. The zero-order chi connectivity index (χ0) is 26.3. The third-order valence-corrected chi connectivity index (χ3v) is 9.73. The van der Waals surface area contributed by atoms with Gasteiger partial charge in [0.05, 0.1) is 33.8 Å². The summed E-state index contributed by atoms with van der Waals surface area (Å²) in [5.74, 6) is -4.15. The van der Waals surface area contributed by atoms with E-state index in [0.717, 1.165) is 18.2 Å². The number of benzene rings is 2. The van der Waals surface area contributed by atoms with E-state index >= 15 is 0 Å². The van der Waals surface area contributed by atoms with Crippen LogP contribution in [-0.4, -0.2) is 54.4 Å². The second-order valence-electron chi connectivity index (χ2n) is 9.24. The van der Waals surface area contributed by atoms with Gasteiger partial charge in [0.2, 0.25) is 5.91 Å². The van der Waals surface area contributed by atoms with Crippen LogP contribution in [0.5, 0.6) is 0 Å². The summed E-state index contributed by atoms with van der Waals surface area (Å²) >= 11 is 6.20. The van der Waals surface area contributed by atoms with E-state index in [1.54, 1.807) is 0 Å². The van der Waals surface area contributed by atoms with Crippen molar-refractivity contribution in [3.63, 3.8) is 0 Å². The maximum atomic E-state index is 13.5. The summed E-state index contributed by atoms with van der Waals surface area (Å²) in [7, 11) is -4.00. The summed E-state index contributed by atoms with van der Waals surface area (Å²) in [5.41, 5.74) is -1.35. The lowest BCUT2D eigenvalue weighted by atomic mass is 9.52. The van der Waals surface area contributed by atoms with E-state index < -0.39 is 56.0 Å². The number of carbonyl (C=O) groups is 2. The van der Waals surface area contributed by atoms with Crippen LogP contribution >= 0.6 is 11.6 Å². The second-order valence-corrected chi connectivity index (χ2v) is 11.8. The topological polar surface area (TPSA) is 133 Å². The minimum absolute atomic E-state index is 0.00654. The third kappa shape index (κ3) is 4.97. The van der Waals surface area contributed by atoms with Crippen LogP contribution in [0.15, 0.2) is 41.3 Å². The van der Waals surface area contributed by atoms with E-state index in [0.29, 0.717) is 6.42 Å². The fourth-order valence-electron chi connectivity index (χ4n) is 5.13. The van der Waals surface area contributed by atoms with Crippen LogP contribution in [0.4, 0.5) is 14.5 Å². The van der Waals surface area contributed by atoms with Gasteiger partial charge >= 0.3 is 0 Å². The van der Waals surface area contributed by atoms with Gasteiger partial charge in [0.25, 0.3) is 5.91 Å². The lowest BCUT2D eigenvalue weighted by Crippen LogP contribution is -2.63. The lowest BCUT2D eigenvalue weighted by molar-refractivity contribution is -0.183. The van der Waals surface area contributed by atoms with Gasteiger partial charge in [-0.25, -0.2) is 17.2 Å². The molecule has 2 atom stereocenters. The van der Waals surface area contributed by atoms with Crippen molar-refractivity contribution in [3.05, 3.63) is 58.6 Å². The molecule has 3 saturated carbocycles. The van der Waals surface area contributed by atoms with Gasteiger partial charge in [0.1, 0.15) is 0 Å². The van der Waals surface area contributed by atoms with Crippen LogP contribution in [0.2, 0.25) is 5.02 Å². The number of hydrogen-bond acceptors (Lipinski definition) is 6. The smallest absolute Gasteiger partial charge is 0.255 e. The van der Waals surface area contributed by atoms with Crippen LogP contribution in [0.1, 0.15) is 36.0 Å². The Labute approximate surface area is 211 Å². The highest BCUT2D eigenvalue weighted by Gasteiger charge is 2.60. The van der Waals surface area contributed by atoms with E-state index in [9.17, 15) is 31.9 Å². The summed E-state index contributed by atoms with van der Waals surface area (Å²) in [6.07, 6.45) is 0.685. The largest absolute Gasteiger partial charge is 0.395 e. The Morgan fingerprint density at radius 3 is 2.39 bits per heavy atom. The van der Waals surface area contributed by atoms with Gasteiger partial charge in [-0.2, -0.15) is 0 Å². The van der Waals surface area contributed by atoms with Crippen molar-refractivity contribution >= 4 is 38.9 Å². The van der Waals surface area contributed by atoms with E-state index in [1.165, 1.54) is 18.2 Å². The fraction of sp³-hybridized carbons (Fsp3) is 0.417. The molecule has 8 nitrogen and oxygen atoms in total. The number of sulfone groups is 1. The number of halogens is 3. The molecule has 0 radical (unpaired) electrons. The van der Waals surface area contributed by atoms with Gasteiger partial charge in [-0.15, -0.1) is 0 Å². The highest BCUT2D eigenvalue weighted by molar-refractivity contribution is 7.92. The van der Waals surface area contributed by atoms with Crippen molar-refractivity contribution in [1.82, 2.24) is 5.32 Å². The average Bonchev–Trinajstić information content (AvgIpc) is 2.85. The fourth-order valence-corrected chi connectivity index (χ4v) is 7.53. The molecule has 0 aromatic heterocycles. The van der Waals surface area contributed by atoms with Gasteiger partial charge in [0.15, 0.2) is 21.5 Å². The van der Waals surface area contributed by atoms with Gasteiger partial charge < -0.3 is 20.8 Å². The molecule has 0 spiro atoms. The van der Waals surface area contributed by atoms with Crippen molar-refractivity contribution in [3.8, 4) is 0 Å². The first-order valence-corrected chi connectivity index (χ1v) is 13.3. The van der Waals surface area contributed by atoms with Crippen molar-refractivity contribution in [1.29, 1.82) is 0 Å². The second kappa shape index (κ2) is 10.0. The van der Waals surface area contributed by atoms with Crippen LogP contribution < -0.4 is 10.6 Å². The number of anilines is 1. The molecule has 2 bridgehead atoms. The maximum Gasteiger partial charge on any atom is 0.255 e. The molecular weight excluding hydrogens is 518 g/mol. The Bertz CT molecular complexity index is 1290. The molecule has 3 fully saturated rings. The van der Waals surface area contributed by atoms with Gasteiger partial charge in [-0.3, -0.25) is 9.59 Å². The number of hydrogen-bond donors (Lipinski definition) is 4. The molecule has 194 valence electrons. The van der Waals surface area contributed by atoms with Crippen molar-refractivity contribution in [2.75, 3.05) is 18.5 Å². The Hall–Kier alpha value is -2.60. The predicted molar refractivity (Wildman–Crippen MR) is 127 cm³/mol. The Morgan fingerprint density at radius 2 is 1.75 bits per heavy atom. The first-order valence-electron chi connectivity index (χ1n) is 11.4. The molecule has 5 rings (SSSR count). The Balaban J connectivity index is 1.50. The number of amides is 2. The van der Waals surface area contributed by atoms with Crippen molar-refractivity contribution in [2.45, 2.75) is 41.4 Å². The maximum absolute atomic E-state index is 13.5.